The first-order chi connectivity index (χ1) is 14.8. The molecule has 0 atom stereocenters. The third kappa shape index (κ3) is 4.64. The van der Waals surface area contributed by atoms with Gasteiger partial charge in [0.25, 0.3) is 5.56 Å². The van der Waals surface area contributed by atoms with Crippen LogP contribution < -0.4 is 11.2 Å². The number of aliphatic carboxylic acids is 1. The van der Waals surface area contributed by atoms with Crippen molar-refractivity contribution in [1.82, 2.24) is 14.0 Å². The summed E-state index contributed by atoms with van der Waals surface area (Å²) >= 11 is 4.41. The molecule has 0 unspecified atom stereocenters. The Morgan fingerprint density at radius 3 is 2.58 bits per heavy atom. The highest BCUT2D eigenvalue weighted by molar-refractivity contribution is 9.10. The van der Waals surface area contributed by atoms with Gasteiger partial charge >= 0.3 is 11.7 Å². The smallest absolute Gasteiger partial charge is 0.332 e. The fourth-order valence-electron chi connectivity index (χ4n) is 3.54. The maximum absolute atomic E-state index is 14.3. The van der Waals surface area contributed by atoms with Crippen LogP contribution in [0.1, 0.15) is 10.4 Å². The first-order valence-corrected chi connectivity index (χ1v) is 11.2. The maximum Gasteiger partial charge on any atom is 0.332 e. The number of halogens is 2. The number of fused-ring (bicyclic) bond motifs is 1. The van der Waals surface area contributed by atoms with Crippen molar-refractivity contribution in [2.75, 3.05) is 26.3 Å². The first-order valence-electron chi connectivity index (χ1n) is 9.55. The summed E-state index contributed by atoms with van der Waals surface area (Å²) in [6.07, 6.45) is 0. The minimum atomic E-state index is -1.20. The summed E-state index contributed by atoms with van der Waals surface area (Å²) in [4.78, 5) is 40.9. The van der Waals surface area contributed by atoms with Gasteiger partial charge in [-0.2, -0.15) is 0 Å². The molecule has 1 aromatic carbocycles. The quantitative estimate of drug-likeness (QED) is 0.544. The number of hydrogen-bond donors (Lipinski definition) is 1. The van der Waals surface area contributed by atoms with Crippen molar-refractivity contribution < 1.29 is 19.0 Å². The molecule has 0 saturated carbocycles. The van der Waals surface area contributed by atoms with Gasteiger partial charge in [-0.05, 0) is 18.2 Å². The van der Waals surface area contributed by atoms with E-state index in [0.717, 1.165) is 27.1 Å². The van der Waals surface area contributed by atoms with E-state index in [1.165, 1.54) is 23.5 Å². The monoisotopic (exact) mass is 511 g/mol. The first kappa shape index (κ1) is 21.9. The van der Waals surface area contributed by atoms with Crippen molar-refractivity contribution in [2.45, 2.75) is 19.6 Å². The lowest BCUT2D eigenvalue weighted by atomic mass is 10.2. The number of aromatic nitrogens is 2. The lowest BCUT2D eigenvalue weighted by Gasteiger charge is -2.25. The third-order valence-electron chi connectivity index (χ3n) is 5.07. The summed E-state index contributed by atoms with van der Waals surface area (Å²) in [5, 5.41) is 9.57. The van der Waals surface area contributed by atoms with Gasteiger partial charge in [0.15, 0.2) is 0 Å². The number of carbonyl (C=O) groups is 1. The maximum atomic E-state index is 14.3. The van der Waals surface area contributed by atoms with Crippen molar-refractivity contribution in [3.05, 3.63) is 65.8 Å². The molecule has 31 heavy (non-hydrogen) atoms. The number of hydrogen-bond acceptors (Lipinski definition) is 6. The van der Waals surface area contributed by atoms with Crippen molar-refractivity contribution in [1.29, 1.82) is 0 Å². The van der Waals surface area contributed by atoms with Gasteiger partial charge in [-0.25, -0.2) is 9.18 Å². The van der Waals surface area contributed by atoms with Gasteiger partial charge in [-0.15, -0.1) is 11.3 Å². The van der Waals surface area contributed by atoms with Crippen LogP contribution in [0, 0.1) is 5.82 Å². The van der Waals surface area contributed by atoms with E-state index in [4.69, 9.17) is 4.74 Å². The molecule has 1 aliphatic heterocycles. The average Bonchev–Trinajstić information content (AvgIpc) is 3.14. The molecule has 0 bridgehead atoms. The van der Waals surface area contributed by atoms with E-state index in [0.29, 0.717) is 29.1 Å². The highest BCUT2D eigenvalue weighted by Gasteiger charge is 2.20. The van der Waals surface area contributed by atoms with E-state index >= 15 is 0 Å². The van der Waals surface area contributed by atoms with Gasteiger partial charge in [0.2, 0.25) is 0 Å². The molecule has 3 aromatic rings. The lowest BCUT2D eigenvalue weighted by Crippen LogP contribution is -2.41. The molecular formula is C20H19BrFN3O5S. The second kappa shape index (κ2) is 9.03. The van der Waals surface area contributed by atoms with E-state index in [-0.39, 0.29) is 17.5 Å². The summed E-state index contributed by atoms with van der Waals surface area (Å²) in [5.41, 5.74) is -1.18. The number of carboxylic acid groups (broad SMARTS) is 1. The van der Waals surface area contributed by atoms with Gasteiger partial charge < -0.3 is 9.84 Å². The fraction of sp³-hybridized carbons (Fsp3) is 0.350. The molecule has 0 radical (unpaired) electrons. The summed E-state index contributed by atoms with van der Waals surface area (Å²) in [7, 11) is 0. The molecule has 1 N–H and O–H groups in total. The van der Waals surface area contributed by atoms with Crippen molar-refractivity contribution in [3.8, 4) is 0 Å². The van der Waals surface area contributed by atoms with Crippen molar-refractivity contribution >= 4 is 43.5 Å². The van der Waals surface area contributed by atoms with Crippen LogP contribution >= 0.6 is 27.3 Å². The van der Waals surface area contributed by atoms with E-state index in [2.05, 4.69) is 20.8 Å². The molecule has 1 saturated heterocycles. The molecule has 0 aliphatic carbocycles. The second-order valence-corrected chi connectivity index (χ2v) is 9.24. The predicted molar refractivity (Wildman–Crippen MR) is 117 cm³/mol. The summed E-state index contributed by atoms with van der Waals surface area (Å²) in [5.74, 6) is -1.77. The average molecular weight is 512 g/mol. The van der Waals surface area contributed by atoms with Gasteiger partial charge in [0, 0.05) is 34.5 Å². The van der Waals surface area contributed by atoms with Gasteiger partial charge in [-0.3, -0.25) is 23.6 Å². The van der Waals surface area contributed by atoms with Crippen molar-refractivity contribution in [2.24, 2.45) is 0 Å². The molecule has 2 aromatic heterocycles. The Labute approximate surface area is 188 Å². The Balaban J connectivity index is 1.81. The second-order valence-electron chi connectivity index (χ2n) is 7.21. The topological polar surface area (TPSA) is 93.8 Å². The number of nitrogens with zero attached hydrogens (tertiary/aromatic N) is 3. The zero-order chi connectivity index (χ0) is 22.1. The summed E-state index contributed by atoms with van der Waals surface area (Å²) in [6, 6.07) is 6.04. The van der Waals surface area contributed by atoms with Crippen LogP contribution in [-0.4, -0.2) is 51.4 Å². The number of thiophene rings is 1. The van der Waals surface area contributed by atoms with Crippen LogP contribution in [0.5, 0.6) is 0 Å². The van der Waals surface area contributed by atoms with E-state index in [1.807, 2.05) is 0 Å². The van der Waals surface area contributed by atoms with Gasteiger partial charge in [0.05, 0.1) is 25.1 Å². The number of carboxylic acids is 1. The molecule has 4 rings (SSSR count). The molecule has 0 spiro atoms. The minimum Gasteiger partial charge on any atom is -0.480 e. The number of morpholine rings is 1. The van der Waals surface area contributed by atoms with Crippen LogP contribution in [0.4, 0.5) is 4.39 Å². The van der Waals surface area contributed by atoms with Crippen LogP contribution in [0.2, 0.25) is 0 Å². The molecule has 8 nitrogen and oxygen atoms in total. The Kier molecular flexibility index (Phi) is 6.37. The van der Waals surface area contributed by atoms with Crippen LogP contribution in [0.25, 0.3) is 10.2 Å². The van der Waals surface area contributed by atoms with E-state index < -0.39 is 29.6 Å². The standard InChI is InChI=1S/C20H19BrFN3O5S/c21-13-2-1-12(16(22)7-13)9-24-18(28)15-8-14(10-23-3-5-30-6-4-23)31-19(15)25(20(24)29)11-17(26)27/h1-2,7-8H,3-6,9-11H2,(H,26,27). The van der Waals surface area contributed by atoms with Crippen LogP contribution in [0.15, 0.2) is 38.3 Å². The predicted octanol–water partition coefficient (Wildman–Crippen LogP) is 2.09. The molecular weight excluding hydrogens is 493 g/mol. The zero-order valence-electron chi connectivity index (χ0n) is 16.3. The minimum absolute atomic E-state index is 0.160. The third-order valence-corrected chi connectivity index (χ3v) is 6.70. The molecule has 3 heterocycles. The highest BCUT2D eigenvalue weighted by atomic mass is 79.9. The highest BCUT2D eigenvalue weighted by Crippen LogP contribution is 2.24. The lowest BCUT2D eigenvalue weighted by molar-refractivity contribution is -0.137. The largest absolute Gasteiger partial charge is 0.480 e. The molecule has 1 fully saturated rings. The van der Waals surface area contributed by atoms with Gasteiger partial charge in [0.1, 0.15) is 17.2 Å². The van der Waals surface area contributed by atoms with Crippen LogP contribution in [-0.2, 0) is 29.2 Å². The van der Waals surface area contributed by atoms with Crippen molar-refractivity contribution in [3.63, 3.8) is 0 Å². The Hall–Kier alpha value is -2.34. The number of rotatable bonds is 6. The van der Waals surface area contributed by atoms with E-state index in [9.17, 15) is 23.9 Å². The number of ether oxygens (including phenoxy) is 1. The normalized spacial score (nSPS) is 14.9. The van der Waals surface area contributed by atoms with Gasteiger partial charge in [-0.1, -0.05) is 22.0 Å². The Bertz CT molecular complexity index is 1260. The number of benzene rings is 1. The molecule has 164 valence electrons. The summed E-state index contributed by atoms with van der Waals surface area (Å²) < 4.78 is 22.2. The Morgan fingerprint density at radius 1 is 1.16 bits per heavy atom. The van der Waals surface area contributed by atoms with Crippen LogP contribution in [0.3, 0.4) is 0 Å². The molecule has 11 heteroatoms. The molecule has 0 amide bonds. The fourth-order valence-corrected chi connectivity index (χ4v) is 5.06. The summed E-state index contributed by atoms with van der Waals surface area (Å²) in [6.45, 7) is 2.45. The SMILES string of the molecule is O=C(O)Cn1c(=O)n(Cc2ccc(Br)cc2F)c(=O)c2cc(CN3CCOCC3)sc21. The van der Waals surface area contributed by atoms with E-state index in [1.54, 1.807) is 12.1 Å². The Morgan fingerprint density at radius 2 is 1.90 bits per heavy atom. The zero-order valence-corrected chi connectivity index (χ0v) is 18.7. The molecule has 1 aliphatic rings.